The van der Waals surface area contributed by atoms with E-state index in [2.05, 4.69) is 15.2 Å². The summed E-state index contributed by atoms with van der Waals surface area (Å²) in [6.07, 6.45) is 3.60. The van der Waals surface area contributed by atoms with Crippen molar-refractivity contribution in [1.29, 1.82) is 0 Å². The maximum absolute atomic E-state index is 11.5. The number of rotatable bonds is 4. The predicted octanol–water partition coefficient (Wildman–Crippen LogP) is 0.0725. The molecule has 1 unspecified atom stereocenters. The summed E-state index contributed by atoms with van der Waals surface area (Å²) in [6, 6.07) is 4.15. The molecule has 0 spiro atoms. The Morgan fingerprint density at radius 1 is 1.44 bits per heavy atom. The highest BCUT2D eigenvalue weighted by Gasteiger charge is 2.27. The third kappa shape index (κ3) is 3.28. The second-order valence-corrected chi connectivity index (χ2v) is 6.85. The molecule has 1 N–H and O–H groups in total. The zero-order valence-corrected chi connectivity index (χ0v) is 11.4. The number of likely N-dealkylation sites (N-methyl/N-ethyl adjacent to an activating group) is 1. The summed E-state index contributed by atoms with van der Waals surface area (Å²) in [5.74, 6) is 0.515. The van der Waals surface area contributed by atoms with Gasteiger partial charge in [0.05, 0.1) is 11.5 Å². The highest BCUT2D eigenvalue weighted by molar-refractivity contribution is 7.91. The lowest BCUT2D eigenvalue weighted by molar-refractivity contribution is 0.211. The van der Waals surface area contributed by atoms with Gasteiger partial charge in [0.2, 0.25) is 0 Å². The first-order valence-electron chi connectivity index (χ1n) is 6.11. The average Bonchev–Trinajstić information content (AvgIpc) is 2.38. The second kappa shape index (κ2) is 5.77. The van der Waals surface area contributed by atoms with Crippen LogP contribution in [0.4, 0.5) is 0 Å². The van der Waals surface area contributed by atoms with Gasteiger partial charge >= 0.3 is 0 Å². The monoisotopic (exact) mass is 269 g/mol. The number of nitrogens with one attached hydrogen (secondary N) is 1. The van der Waals surface area contributed by atoms with E-state index in [0.29, 0.717) is 13.1 Å². The van der Waals surface area contributed by atoms with Crippen LogP contribution in [0.15, 0.2) is 24.5 Å². The van der Waals surface area contributed by atoms with E-state index in [0.717, 1.165) is 12.1 Å². The molecule has 1 aliphatic rings. The lowest BCUT2D eigenvalue weighted by atomic mass is 10.1. The van der Waals surface area contributed by atoms with Gasteiger partial charge in [-0.1, -0.05) is 6.07 Å². The van der Waals surface area contributed by atoms with Crippen molar-refractivity contribution in [3.05, 3.63) is 30.1 Å². The Morgan fingerprint density at radius 2 is 2.17 bits per heavy atom. The molecule has 0 bridgehead atoms. The second-order valence-electron chi connectivity index (χ2n) is 4.55. The van der Waals surface area contributed by atoms with Crippen LogP contribution in [0.25, 0.3) is 0 Å². The molecule has 0 saturated carbocycles. The molecule has 1 atom stereocenters. The van der Waals surface area contributed by atoms with Gasteiger partial charge in [0.15, 0.2) is 9.84 Å². The molecular formula is C12H19N3O2S. The van der Waals surface area contributed by atoms with Crippen molar-refractivity contribution in [1.82, 2.24) is 15.2 Å². The van der Waals surface area contributed by atoms with E-state index >= 15 is 0 Å². The molecule has 1 saturated heterocycles. The Morgan fingerprint density at radius 3 is 2.72 bits per heavy atom. The molecular weight excluding hydrogens is 250 g/mol. The molecule has 1 fully saturated rings. The molecule has 100 valence electrons. The molecule has 0 radical (unpaired) electrons. The number of hydrogen-bond acceptors (Lipinski definition) is 5. The third-order valence-corrected chi connectivity index (χ3v) is 4.90. The van der Waals surface area contributed by atoms with E-state index in [1.165, 1.54) is 0 Å². The minimum Gasteiger partial charge on any atom is -0.318 e. The van der Waals surface area contributed by atoms with E-state index in [-0.39, 0.29) is 17.5 Å². The van der Waals surface area contributed by atoms with E-state index < -0.39 is 9.84 Å². The fourth-order valence-electron chi connectivity index (χ4n) is 2.26. The highest BCUT2D eigenvalue weighted by atomic mass is 32.2. The van der Waals surface area contributed by atoms with Gasteiger partial charge in [0.1, 0.15) is 0 Å². The molecule has 6 heteroatoms. The molecule has 5 nitrogen and oxygen atoms in total. The Hall–Kier alpha value is -0.980. The summed E-state index contributed by atoms with van der Waals surface area (Å²) in [6.45, 7) is 2.00. The quantitative estimate of drug-likeness (QED) is 0.838. The summed E-state index contributed by atoms with van der Waals surface area (Å²) < 4.78 is 22.9. The molecule has 1 aromatic rings. The lowest BCUT2D eigenvalue weighted by Crippen LogP contribution is -2.44. The summed E-state index contributed by atoms with van der Waals surface area (Å²) in [4.78, 5) is 6.36. The SMILES string of the molecule is CNCC(c1cccnc1)N1CCS(=O)(=O)CC1. The van der Waals surface area contributed by atoms with Crippen molar-refractivity contribution in [2.45, 2.75) is 6.04 Å². The van der Waals surface area contributed by atoms with Crippen molar-refractivity contribution in [2.75, 3.05) is 38.2 Å². The molecule has 0 aliphatic carbocycles. The predicted molar refractivity (Wildman–Crippen MR) is 71.1 cm³/mol. The first-order chi connectivity index (χ1) is 8.62. The van der Waals surface area contributed by atoms with Crippen LogP contribution in [-0.2, 0) is 9.84 Å². The zero-order chi connectivity index (χ0) is 13.0. The standard InChI is InChI=1S/C12H19N3O2S/c1-13-10-12(11-3-2-4-14-9-11)15-5-7-18(16,17)8-6-15/h2-4,9,12-13H,5-8,10H2,1H3. The number of sulfone groups is 1. The smallest absolute Gasteiger partial charge is 0.152 e. The van der Waals surface area contributed by atoms with Crippen LogP contribution in [0.5, 0.6) is 0 Å². The molecule has 0 amide bonds. The van der Waals surface area contributed by atoms with Gasteiger partial charge in [-0.25, -0.2) is 8.42 Å². The normalized spacial score (nSPS) is 21.6. The van der Waals surface area contributed by atoms with E-state index in [1.54, 1.807) is 6.20 Å². The zero-order valence-electron chi connectivity index (χ0n) is 10.5. The van der Waals surface area contributed by atoms with E-state index in [4.69, 9.17) is 0 Å². The maximum atomic E-state index is 11.5. The van der Waals surface area contributed by atoms with Crippen LogP contribution >= 0.6 is 0 Å². The van der Waals surface area contributed by atoms with Crippen molar-refractivity contribution in [2.24, 2.45) is 0 Å². The van der Waals surface area contributed by atoms with Gasteiger partial charge < -0.3 is 5.32 Å². The largest absolute Gasteiger partial charge is 0.318 e. The summed E-state index contributed by atoms with van der Waals surface area (Å²) >= 11 is 0. The maximum Gasteiger partial charge on any atom is 0.152 e. The molecule has 2 rings (SSSR count). The van der Waals surface area contributed by atoms with Crippen LogP contribution < -0.4 is 5.32 Å². The first-order valence-corrected chi connectivity index (χ1v) is 7.93. The summed E-state index contributed by atoms with van der Waals surface area (Å²) in [5, 5.41) is 3.17. The molecule has 2 heterocycles. The number of pyridine rings is 1. The topological polar surface area (TPSA) is 62.3 Å². The van der Waals surface area contributed by atoms with Crippen LogP contribution in [-0.4, -0.2) is 56.5 Å². The number of hydrogen-bond donors (Lipinski definition) is 1. The fraction of sp³-hybridized carbons (Fsp3) is 0.583. The van der Waals surface area contributed by atoms with Gasteiger partial charge in [-0.3, -0.25) is 9.88 Å². The van der Waals surface area contributed by atoms with Crippen LogP contribution in [0.2, 0.25) is 0 Å². The van der Waals surface area contributed by atoms with Crippen molar-refractivity contribution < 1.29 is 8.42 Å². The van der Waals surface area contributed by atoms with Crippen molar-refractivity contribution in [3.63, 3.8) is 0 Å². The lowest BCUT2D eigenvalue weighted by Gasteiger charge is -2.34. The molecule has 18 heavy (non-hydrogen) atoms. The average molecular weight is 269 g/mol. The Kier molecular flexibility index (Phi) is 4.31. The number of aromatic nitrogens is 1. The Balaban J connectivity index is 2.12. The van der Waals surface area contributed by atoms with Gasteiger partial charge in [-0.2, -0.15) is 0 Å². The van der Waals surface area contributed by atoms with Crippen LogP contribution in [0, 0.1) is 0 Å². The summed E-state index contributed by atoms with van der Waals surface area (Å²) in [5.41, 5.74) is 1.13. The third-order valence-electron chi connectivity index (χ3n) is 3.29. The summed E-state index contributed by atoms with van der Waals surface area (Å²) in [7, 11) is -0.917. The van der Waals surface area contributed by atoms with Gasteiger partial charge in [-0.05, 0) is 18.7 Å². The fourth-order valence-corrected chi connectivity index (χ4v) is 3.49. The van der Waals surface area contributed by atoms with Gasteiger partial charge in [0.25, 0.3) is 0 Å². The molecule has 1 aromatic heterocycles. The minimum atomic E-state index is -2.82. The minimum absolute atomic E-state index is 0.194. The molecule has 0 aromatic carbocycles. The van der Waals surface area contributed by atoms with Crippen LogP contribution in [0.3, 0.4) is 0 Å². The van der Waals surface area contributed by atoms with Crippen LogP contribution in [0.1, 0.15) is 11.6 Å². The van der Waals surface area contributed by atoms with Gasteiger partial charge in [0, 0.05) is 38.1 Å². The van der Waals surface area contributed by atoms with E-state index in [1.807, 2.05) is 25.4 Å². The van der Waals surface area contributed by atoms with Crippen molar-refractivity contribution >= 4 is 9.84 Å². The Labute approximate surface area is 108 Å². The van der Waals surface area contributed by atoms with E-state index in [9.17, 15) is 8.42 Å². The van der Waals surface area contributed by atoms with Crippen molar-refractivity contribution in [3.8, 4) is 0 Å². The number of nitrogens with zero attached hydrogens (tertiary/aromatic N) is 2. The Bertz CT molecular complexity index is 461. The molecule has 1 aliphatic heterocycles. The highest BCUT2D eigenvalue weighted by Crippen LogP contribution is 2.21. The van der Waals surface area contributed by atoms with Gasteiger partial charge in [-0.15, -0.1) is 0 Å². The first kappa shape index (κ1) is 13.5.